The third-order valence-corrected chi connectivity index (χ3v) is 5.86. The van der Waals surface area contributed by atoms with Gasteiger partial charge in [-0.3, -0.25) is 4.79 Å². The van der Waals surface area contributed by atoms with Crippen LogP contribution in [0.2, 0.25) is 10.0 Å². The summed E-state index contributed by atoms with van der Waals surface area (Å²) >= 11 is 13.6. The normalized spacial score (nSPS) is 12.6. The first-order valence-corrected chi connectivity index (χ1v) is 9.69. The summed E-state index contributed by atoms with van der Waals surface area (Å²) < 4.78 is 10.3. The van der Waals surface area contributed by atoms with Gasteiger partial charge in [0.05, 0.1) is 29.3 Å². The van der Waals surface area contributed by atoms with Crippen LogP contribution in [0.1, 0.15) is 44.5 Å². The highest BCUT2D eigenvalue weighted by Gasteiger charge is 2.28. The molecule has 1 aliphatic rings. The number of hydrogen-bond acceptors (Lipinski definition) is 5. The van der Waals surface area contributed by atoms with Gasteiger partial charge >= 0.3 is 5.97 Å². The number of carbonyl (C=O) groups is 2. The molecular formula is C18H17Cl2NO4S. The molecule has 1 aromatic heterocycles. The van der Waals surface area contributed by atoms with Gasteiger partial charge in [-0.05, 0) is 43.9 Å². The maximum absolute atomic E-state index is 12.7. The van der Waals surface area contributed by atoms with Crippen LogP contribution >= 0.6 is 34.5 Å². The topological polar surface area (TPSA) is 64.6 Å². The maximum atomic E-state index is 12.7. The van der Waals surface area contributed by atoms with Gasteiger partial charge in [-0.25, -0.2) is 4.79 Å². The molecular weight excluding hydrogens is 397 g/mol. The lowest BCUT2D eigenvalue weighted by molar-refractivity contribution is 0.0527. The van der Waals surface area contributed by atoms with Crippen molar-refractivity contribution < 1.29 is 19.1 Å². The number of rotatable bonds is 5. The number of fused-ring (bicyclic) bond motifs is 1. The third kappa shape index (κ3) is 3.54. The fourth-order valence-corrected chi connectivity index (χ4v) is 4.89. The maximum Gasteiger partial charge on any atom is 0.341 e. The molecule has 0 aliphatic heterocycles. The number of amides is 1. The quantitative estimate of drug-likeness (QED) is 0.701. The van der Waals surface area contributed by atoms with Crippen LogP contribution in [-0.4, -0.2) is 25.6 Å². The van der Waals surface area contributed by atoms with Crippen LogP contribution in [0.5, 0.6) is 5.75 Å². The van der Waals surface area contributed by atoms with Crippen molar-refractivity contribution in [2.24, 2.45) is 0 Å². The standard InChI is InChI=1S/C18H17Cl2NO4S/c1-3-25-18(23)14-10-5-4-6-13(10)26-17(14)21-16(22)9-7-11(19)15(24-2)12(20)8-9/h7-8H,3-6H2,1-2H3,(H,21,22). The molecule has 26 heavy (non-hydrogen) atoms. The minimum Gasteiger partial charge on any atom is -0.494 e. The molecule has 0 radical (unpaired) electrons. The number of carbonyl (C=O) groups excluding carboxylic acids is 2. The molecule has 0 saturated carbocycles. The first kappa shape index (κ1) is 19.0. The summed E-state index contributed by atoms with van der Waals surface area (Å²) in [6.07, 6.45) is 2.73. The van der Waals surface area contributed by atoms with Crippen molar-refractivity contribution >= 4 is 51.4 Å². The summed E-state index contributed by atoms with van der Waals surface area (Å²) in [5, 5.41) is 3.79. The lowest BCUT2D eigenvalue weighted by atomic mass is 10.1. The summed E-state index contributed by atoms with van der Waals surface area (Å²) in [7, 11) is 1.45. The van der Waals surface area contributed by atoms with Crippen molar-refractivity contribution in [3.8, 4) is 5.75 Å². The van der Waals surface area contributed by atoms with Gasteiger partial charge in [0.25, 0.3) is 5.91 Å². The Morgan fingerprint density at radius 1 is 1.23 bits per heavy atom. The van der Waals surface area contributed by atoms with Gasteiger partial charge in [-0.1, -0.05) is 23.2 Å². The number of aryl methyl sites for hydroxylation is 1. The second-order valence-electron chi connectivity index (χ2n) is 5.71. The number of anilines is 1. The summed E-state index contributed by atoms with van der Waals surface area (Å²) in [6.45, 7) is 2.03. The van der Waals surface area contributed by atoms with Crippen LogP contribution < -0.4 is 10.1 Å². The third-order valence-electron chi connectivity index (χ3n) is 4.09. The summed E-state index contributed by atoms with van der Waals surface area (Å²) in [6, 6.07) is 2.96. The Labute approximate surface area is 165 Å². The number of benzene rings is 1. The molecule has 3 rings (SSSR count). The van der Waals surface area contributed by atoms with Crippen LogP contribution in [-0.2, 0) is 17.6 Å². The van der Waals surface area contributed by atoms with Crippen molar-refractivity contribution in [3.05, 3.63) is 43.7 Å². The van der Waals surface area contributed by atoms with Crippen LogP contribution in [0.4, 0.5) is 5.00 Å². The van der Waals surface area contributed by atoms with Crippen molar-refractivity contribution in [3.63, 3.8) is 0 Å². The molecule has 0 atom stereocenters. The van der Waals surface area contributed by atoms with E-state index in [0.717, 1.165) is 29.7 Å². The van der Waals surface area contributed by atoms with Gasteiger partial charge in [0, 0.05) is 10.4 Å². The number of nitrogens with one attached hydrogen (secondary N) is 1. The van der Waals surface area contributed by atoms with E-state index in [1.165, 1.54) is 30.6 Å². The molecule has 0 saturated heterocycles. The smallest absolute Gasteiger partial charge is 0.341 e. The van der Waals surface area contributed by atoms with E-state index in [1.807, 2.05) is 0 Å². The molecule has 2 aromatic rings. The monoisotopic (exact) mass is 413 g/mol. The van der Waals surface area contributed by atoms with Crippen LogP contribution in [0.15, 0.2) is 12.1 Å². The molecule has 1 aliphatic carbocycles. The lowest BCUT2D eigenvalue weighted by Crippen LogP contribution is -2.15. The number of halogens is 2. The largest absolute Gasteiger partial charge is 0.494 e. The Morgan fingerprint density at radius 2 is 1.92 bits per heavy atom. The van der Waals surface area contributed by atoms with Gasteiger partial charge in [0.15, 0.2) is 5.75 Å². The SMILES string of the molecule is CCOC(=O)c1c(NC(=O)c2cc(Cl)c(OC)c(Cl)c2)sc2c1CCC2. The predicted molar refractivity (Wildman–Crippen MR) is 103 cm³/mol. The number of ether oxygens (including phenoxy) is 2. The Hall–Kier alpha value is -1.76. The van der Waals surface area contributed by atoms with Crippen LogP contribution in [0.3, 0.4) is 0 Å². The summed E-state index contributed by atoms with van der Waals surface area (Å²) in [4.78, 5) is 26.2. The number of esters is 1. The fraction of sp³-hybridized carbons (Fsp3) is 0.333. The average Bonchev–Trinajstić information content (AvgIpc) is 3.15. The Kier molecular flexibility index (Phi) is 5.75. The zero-order valence-electron chi connectivity index (χ0n) is 14.3. The predicted octanol–water partition coefficient (Wildman–Crippen LogP) is 4.98. The second-order valence-corrected chi connectivity index (χ2v) is 7.63. The second kappa shape index (κ2) is 7.86. The number of thiophene rings is 1. The molecule has 0 unspecified atom stereocenters. The lowest BCUT2D eigenvalue weighted by Gasteiger charge is -2.10. The van der Waals surface area contributed by atoms with E-state index in [1.54, 1.807) is 6.92 Å². The first-order chi connectivity index (χ1) is 12.5. The highest BCUT2D eigenvalue weighted by Crippen LogP contribution is 2.40. The molecule has 0 fully saturated rings. The molecule has 1 aromatic carbocycles. The molecule has 8 heteroatoms. The van der Waals surface area contributed by atoms with Gasteiger partial charge < -0.3 is 14.8 Å². The average molecular weight is 414 g/mol. The van der Waals surface area contributed by atoms with Crippen molar-refractivity contribution in [2.75, 3.05) is 19.0 Å². The van der Waals surface area contributed by atoms with E-state index in [2.05, 4.69) is 5.32 Å². The molecule has 1 N–H and O–H groups in total. The van der Waals surface area contributed by atoms with Crippen molar-refractivity contribution in [1.29, 1.82) is 0 Å². The molecule has 0 bridgehead atoms. The minimum absolute atomic E-state index is 0.240. The van der Waals surface area contributed by atoms with E-state index in [0.29, 0.717) is 16.3 Å². The van der Waals surface area contributed by atoms with Crippen LogP contribution in [0, 0.1) is 0 Å². The summed E-state index contributed by atoms with van der Waals surface area (Å²) in [5.74, 6) is -0.498. The van der Waals surface area contributed by atoms with E-state index in [-0.39, 0.29) is 22.2 Å². The molecule has 1 heterocycles. The Bertz CT molecular complexity index is 855. The van der Waals surface area contributed by atoms with Gasteiger partial charge in [0.2, 0.25) is 0 Å². The Morgan fingerprint density at radius 3 is 2.54 bits per heavy atom. The zero-order valence-corrected chi connectivity index (χ0v) is 16.6. The van der Waals surface area contributed by atoms with E-state index in [9.17, 15) is 9.59 Å². The molecule has 138 valence electrons. The molecule has 0 spiro atoms. The van der Waals surface area contributed by atoms with Crippen molar-refractivity contribution in [1.82, 2.24) is 0 Å². The van der Waals surface area contributed by atoms with Gasteiger partial charge in [0.1, 0.15) is 5.00 Å². The zero-order chi connectivity index (χ0) is 18.8. The molecule has 5 nitrogen and oxygen atoms in total. The summed E-state index contributed by atoms with van der Waals surface area (Å²) in [5.41, 5.74) is 1.72. The van der Waals surface area contributed by atoms with E-state index in [4.69, 9.17) is 32.7 Å². The van der Waals surface area contributed by atoms with Gasteiger partial charge in [-0.2, -0.15) is 0 Å². The van der Waals surface area contributed by atoms with Crippen LogP contribution in [0.25, 0.3) is 0 Å². The fourth-order valence-electron chi connectivity index (χ4n) is 2.97. The highest BCUT2D eigenvalue weighted by molar-refractivity contribution is 7.17. The highest BCUT2D eigenvalue weighted by atomic mass is 35.5. The minimum atomic E-state index is -0.409. The van der Waals surface area contributed by atoms with E-state index < -0.39 is 11.9 Å². The number of hydrogen-bond donors (Lipinski definition) is 1. The van der Waals surface area contributed by atoms with Gasteiger partial charge in [-0.15, -0.1) is 11.3 Å². The first-order valence-electron chi connectivity index (χ1n) is 8.12. The Balaban J connectivity index is 1.92. The number of methoxy groups -OCH3 is 1. The molecule has 1 amide bonds. The van der Waals surface area contributed by atoms with Crippen molar-refractivity contribution in [2.45, 2.75) is 26.2 Å². The van der Waals surface area contributed by atoms with E-state index >= 15 is 0 Å².